The molecule has 0 aliphatic heterocycles. The quantitative estimate of drug-likeness (QED) is 0.654. The van der Waals surface area contributed by atoms with E-state index in [1.807, 2.05) is 12.1 Å². The minimum Gasteiger partial charge on any atom is -0.200 e. The summed E-state index contributed by atoms with van der Waals surface area (Å²) in [6, 6.07) is 6.07. The number of aromatic nitrogens is 4. The van der Waals surface area contributed by atoms with Crippen molar-refractivity contribution in [3.05, 3.63) is 35.7 Å². The van der Waals surface area contributed by atoms with Crippen LogP contribution in [0.5, 0.6) is 0 Å². The van der Waals surface area contributed by atoms with Crippen LogP contribution in [0.3, 0.4) is 0 Å². The molecule has 66 valence electrons. The second kappa shape index (κ2) is 2.97. The molecular weight excluding hydrogens is 164 g/mol. The molecule has 0 unspecified atom stereocenters. The maximum atomic E-state index is 3.84. The third-order valence-electron chi connectivity index (χ3n) is 2.17. The molecule has 0 saturated heterocycles. The molecule has 13 heavy (non-hydrogen) atoms. The fraction of sp³-hybridized carbons (Fsp3) is 0.222. The Labute approximate surface area is 76.2 Å². The molecule has 4 nitrogen and oxygen atoms in total. The van der Waals surface area contributed by atoms with E-state index in [9.17, 15) is 0 Å². The molecule has 2 aromatic rings. The van der Waals surface area contributed by atoms with Crippen LogP contribution in [0.2, 0.25) is 0 Å². The Balaban J connectivity index is 2.59. The lowest BCUT2D eigenvalue weighted by Gasteiger charge is -2.05. The molecule has 0 amide bonds. The number of aryl methyl sites for hydroxylation is 1. The molecule has 0 aliphatic rings. The molecule has 0 aliphatic carbocycles. The number of benzene rings is 1. The number of tetrazole rings is 1. The van der Waals surface area contributed by atoms with Crippen LogP contribution in [0, 0.1) is 13.8 Å². The van der Waals surface area contributed by atoms with E-state index < -0.39 is 0 Å². The van der Waals surface area contributed by atoms with Crippen LogP contribution in [0.4, 0.5) is 0 Å². The van der Waals surface area contributed by atoms with Gasteiger partial charge in [-0.1, -0.05) is 12.1 Å². The van der Waals surface area contributed by atoms with Gasteiger partial charge in [-0.2, -0.15) is 0 Å². The monoisotopic (exact) mass is 174 g/mol. The van der Waals surface area contributed by atoms with Gasteiger partial charge in [0.2, 0.25) is 0 Å². The van der Waals surface area contributed by atoms with E-state index in [1.54, 1.807) is 11.0 Å². The first-order chi connectivity index (χ1) is 6.29. The van der Waals surface area contributed by atoms with Gasteiger partial charge in [0.25, 0.3) is 0 Å². The molecule has 0 bridgehead atoms. The highest BCUT2D eigenvalue weighted by Gasteiger charge is 2.02. The fourth-order valence-corrected chi connectivity index (χ4v) is 1.26. The summed E-state index contributed by atoms with van der Waals surface area (Å²) in [6.07, 6.45) is 1.60. The molecule has 2 rings (SSSR count). The Hall–Kier alpha value is -1.71. The molecule has 0 spiro atoms. The van der Waals surface area contributed by atoms with Gasteiger partial charge in [-0.25, -0.2) is 4.68 Å². The second-order valence-corrected chi connectivity index (χ2v) is 2.97. The first-order valence-corrected chi connectivity index (χ1v) is 4.08. The summed E-state index contributed by atoms with van der Waals surface area (Å²) in [5.74, 6) is 0. The number of hydrogen-bond acceptors (Lipinski definition) is 3. The van der Waals surface area contributed by atoms with Crippen molar-refractivity contribution in [2.45, 2.75) is 13.8 Å². The van der Waals surface area contributed by atoms with E-state index in [1.165, 1.54) is 11.1 Å². The second-order valence-electron chi connectivity index (χ2n) is 2.97. The average Bonchev–Trinajstić information content (AvgIpc) is 2.62. The van der Waals surface area contributed by atoms with Crippen LogP contribution >= 0.6 is 0 Å². The predicted octanol–water partition coefficient (Wildman–Crippen LogP) is 1.28. The normalized spacial score (nSPS) is 10.3. The first-order valence-electron chi connectivity index (χ1n) is 4.08. The van der Waals surface area contributed by atoms with Gasteiger partial charge >= 0.3 is 0 Å². The summed E-state index contributed by atoms with van der Waals surface area (Å²) in [5, 5.41) is 11.0. The lowest BCUT2D eigenvalue weighted by atomic mass is 10.1. The minimum atomic E-state index is 1.03. The van der Waals surface area contributed by atoms with E-state index in [0.29, 0.717) is 0 Å². The van der Waals surface area contributed by atoms with Crippen molar-refractivity contribution in [1.82, 2.24) is 20.2 Å². The van der Waals surface area contributed by atoms with Crippen molar-refractivity contribution in [2.24, 2.45) is 0 Å². The van der Waals surface area contributed by atoms with Crippen molar-refractivity contribution in [1.29, 1.82) is 0 Å². The smallest absolute Gasteiger partial charge is 0.143 e. The summed E-state index contributed by atoms with van der Waals surface area (Å²) in [7, 11) is 0. The van der Waals surface area contributed by atoms with Crippen molar-refractivity contribution in [2.75, 3.05) is 0 Å². The third-order valence-corrected chi connectivity index (χ3v) is 2.17. The van der Waals surface area contributed by atoms with Crippen LogP contribution in [-0.2, 0) is 0 Å². The van der Waals surface area contributed by atoms with Crippen molar-refractivity contribution in [3.8, 4) is 5.69 Å². The van der Waals surface area contributed by atoms with Crippen LogP contribution in [0.25, 0.3) is 5.69 Å². The fourth-order valence-electron chi connectivity index (χ4n) is 1.26. The number of rotatable bonds is 1. The van der Waals surface area contributed by atoms with Gasteiger partial charge in [-0.3, -0.25) is 0 Å². The first kappa shape index (κ1) is 7.91. The lowest BCUT2D eigenvalue weighted by molar-refractivity contribution is 0.784. The molecule has 0 fully saturated rings. The van der Waals surface area contributed by atoms with Gasteiger partial charge in [0.05, 0.1) is 5.69 Å². The van der Waals surface area contributed by atoms with E-state index >= 15 is 0 Å². The molecule has 0 saturated carbocycles. The summed E-state index contributed by atoms with van der Waals surface area (Å²) >= 11 is 0. The largest absolute Gasteiger partial charge is 0.200 e. The highest BCUT2D eigenvalue weighted by atomic mass is 15.5. The van der Waals surface area contributed by atoms with Gasteiger partial charge < -0.3 is 0 Å². The highest BCUT2D eigenvalue weighted by Crippen LogP contribution is 2.15. The molecular formula is C9H10N4. The zero-order valence-electron chi connectivity index (χ0n) is 7.60. The van der Waals surface area contributed by atoms with Gasteiger partial charge in [-0.05, 0) is 41.5 Å². The van der Waals surface area contributed by atoms with Crippen LogP contribution < -0.4 is 0 Å². The maximum absolute atomic E-state index is 3.84. The molecule has 0 radical (unpaired) electrons. The van der Waals surface area contributed by atoms with E-state index in [2.05, 4.69) is 35.4 Å². The Morgan fingerprint density at radius 3 is 2.77 bits per heavy atom. The summed E-state index contributed by atoms with van der Waals surface area (Å²) in [5.41, 5.74) is 3.48. The van der Waals surface area contributed by atoms with Crippen LogP contribution in [-0.4, -0.2) is 20.2 Å². The number of hydrogen-bond donors (Lipinski definition) is 0. The summed E-state index contributed by atoms with van der Waals surface area (Å²) < 4.78 is 1.67. The maximum Gasteiger partial charge on any atom is 0.143 e. The average molecular weight is 174 g/mol. The summed E-state index contributed by atoms with van der Waals surface area (Å²) in [4.78, 5) is 0. The molecule has 1 aromatic heterocycles. The highest BCUT2D eigenvalue weighted by molar-refractivity contribution is 5.43. The number of nitrogens with zero attached hydrogens (tertiary/aromatic N) is 4. The van der Waals surface area contributed by atoms with Crippen LogP contribution in [0.1, 0.15) is 11.1 Å². The predicted molar refractivity (Wildman–Crippen MR) is 48.6 cm³/mol. The van der Waals surface area contributed by atoms with Crippen molar-refractivity contribution in [3.63, 3.8) is 0 Å². The van der Waals surface area contributed by atoms with E-state index in [-0.39, 0.29) is 0 Å². The molecule has 0 atom stereocenters. The molecule has 0 N–H and O–H groups in total. The Bertz CT molecular complexity index is 406. The van der Waals surface area contributed by atoms with Gasteiger partial charge in [-0.15, -0.1) is 5.10 Å². The molecule has 4 heteroatoms. The van der Waals surface area contributed by atoms with Gasteiger partial charge in [0.15, 0.2) is 0 Å². The summed E-state index contributed by atoms with van der Waals surface area (Å²) in [6.45, 7) is 4.13. The zero-order valence-corrected chi connectivity index (χ0v) is 7.60. The third kappa shape index (κ3) is 1.30. The van der Waals surface area contributed by atoms with Crippen LogP contribution in [0.15, 0.2) is 24.5 Å². The molecule has 1 heterocycles. The molecule has 1 aromatic carbocycles. The SMILES string of the molecule is Cc1cccc(-n2cnnn2)c1C. The van der Waals surface area contributed by atoms with E-state index in [0.717, 1.165) is 5.69 Å². The van der Waals surface area contributed by atoms with Gasteiger partial charge in [0, 0.05) is 0 Å². The lowest BCUT2D eigenvalue weighted by Crippen LogP contribution is -1.99. The van der Waals surface area contributed by atoms with Crippen molar-refractivity contribution >= 4 is 0 Å². The zero-order chi connectivity index (χ0) is 9.26. The Morgan fingerprint density at radius 2 is 2.08 bits per heavy atom. The Kier molecular flexibility index (Phi) is 1.81. The van der Waals surface area contributed by atoms with Crippen molar-refractivity contribution < 1.29 is 0 Å². The topological polar surface area (TPSA) is 43.6 Å². The van der Waals surface area contributed by atoms with E-state index in [4.69, 9.17) is 0 Å². The minimum absolute atomic E-state index is 1.03. The standard InChI is InChI=1S/C9H10N4/c1-7-4-3-5-9(8(7)2)13-6-10-11-12-13/h3-6H,1-2H3. The van der Waals surface area contributed by atoms with Gasteiger partial charge in [0.1, 0.15) is 6.33 Å². The Morgan fingerprint density at radius 1 is 1.23 bits per heavy atom.